The summed E-state index contributed by atoms with van der Waals surface area (Å²) in [5.74, 6) is 0. The van der Waals surface area contributed by atoms with E-state index in [2.05, 4.69) is 4.98 Å². The number of halogens is 2. The van der Waals surface area contributed by atoms with Gasteiger partial charge in [0.1, 0.15) is 10.3 Å². The van der Waals surface area contributed by atoms with Crippen molar-refractivity contribution in [3.63, 3.8) is 0 Å². The van der Waals surface area contributed by atoms with Crippen molar-refractivity contribution >= 4 is 23.2 Å². The molecule has 0 fully saturated rings. The lowest BCUT2D eigenvalue weighted by atomic mass is 10.2. The Balaban J connectivity index is 2.71. The van der Waals surface area contributed by atoms with Gasteiger partial charge in [-0.25, -0.2) is 4.98 Å². The van der Waals surface area contributed by atoms with Crippen LogP contribution < -0.4 is 0 Å². The minimum atomic E-state index is -0.387. The second kappa shape index (κ2) is 4.39. The lowest BCUT2D eigenvalue weighted by Gasteiger charge is -1.98. The molecule has 70 valence electrons. The Bertz CT molecular complexity index is 310. The molecule has 0 saturated carbocycles. The zero-order valence-electron chi connectivity index (χ0n) is 6.54. The number of pyridine rings is 1. The molecule has 0 aliphatic carbocycles. The molecule has 0 aliphatic heterocycles. The number of nitro groups is 1. The highest BCUT2D eigenvalue weighted by atomic mass is 35.5. The van der Waals surface area contributed by atoms with Crippen LogP contribution in [-0.2, 0) is 6.42 Å². The summed E-state index contributed by atoms with van der Waals surface area (Å²) < 4.78 is 0. The third kappa shape index (κ3) is 3.57. The molecule has 1 rings (SSSR count). The number of hydrogen-bond acceptors (Lipinski definition) is 3. The maximum Gasteiger partial charge on any atom is 0.207 e. The van der Waals surface area contributed by atoms with Gasteiger partial charge in [-0.3, -0.25) is 10.1 Å². The number of rotatable bonds is 3. The van der Waals surface area contributed by atoms with Crippen LogP contribution in [0.25, 0.3) is 0 Å². The Morgan fingerprint density at radius 1 is 1.38 bits per heavy atom. The lowest BCUT2D eigenvalue weighted by Crippen LogP contribution is -2.04. The van der Waals surface area contributed by atoms with Crippen molar-refractivity contribution in [3.05, 3.63) is 38.1 Å². The minimum absolute atomic E-state index is 0.128. The van der Waals surface area contributed by atoms with Crippen LogP contribution in [0.1, 0.15) is 5.56 Å². The predicted molar refractivity (Wildman–Crippen MR) is 49.8 cm³/mol. The van der Waals surface area contributed by atoms with Crippen LogP contribution in [0.4, 0.5) is 0 Å². The summed E-state index contributed by atoms with van der Waals surface area (Å²) in [6.45, 7) is -0.128. The first-order valence-corrected chi connectivity index (χ1v) is 4.27. The molecular weight excluding hydrogens is 215 g/mol. The molecule has 0 aliphatic rings. The maximum absolute atomic E-state index is 10.1. The Hall–Kier alpha value is -0.870. The van der Waals surface area contributed by atoms with Crippen molar-refractivity contribution in [2.75, 3.05) is 6.54 Å². The van der Waals surface area contributed by atoms with Crippen LogP contribution in [0.3, 0.4) is 0 Å². The standard InChI is InChI=1S/C7H6Cl2N2O2/c8-6-3-5(1-2-11(12)13)4-7(9)10-6/h3-4H,1-2H2. The van der Waals surface area contributed by atoms with E-state index in [1.165, 1.54) is 0 Å². The van der Waals surface area contributed by atoms with E-state index in [0.29, 0.717) is 6.42 Å². The largest absolute Gasteiger partial charge is 0.265 e. The smallest absolute Gasteiger partial charge is 0.207 e. The van der Waals surface area contributed by atoms with E-state index in [4.69, 9.17) is 23.2 Å². The van der Waals surface area contributed by atoms with Crippen LogP contribution in [-0.4, -0.2) is 16.5 Å². The van der Waals surface area contributed by atoms with Crippen LogP contribution in [0.2, 0.25) is 10.3 Å². The van der Waals surface area contributed by atoms with Crippen LogP contribution >= 0.6 is 23.2 Å². The van der Waals surface area contributed by atoms with Gasteiger partial charge in [-0.05, 0) is 17.7 Å². The maximum atomic E-state index is 10.1. The molecule has 0 radical (unpaired) electrons. The Kier molecular flexibility index (Phi) is 3.45. The summed E-state index contributed by atoms with van der Waals surface area (Å²) in [6, 6.07) is 3.13. The second-order valence-electron chi connectivity index (χ2n) is 2.43. The number of hydrogen-bond donors (Lipinski definition) is 0. The summed E-state index contributed by atoms with van der Waals surface area (Å²) in [5.41, 5.74) is 0.724. The highest BCUT2D eigenvalue weighted by Crippen LogP contribution is 2.14. The van der Waals surface area contributed by atoms with Gasteiger partial charge in [-0.15, -0.1) is 0 Å². The molecule has 0 aromatic carbocycles. The van der Waals surface area contributed by atoms with Gasteiger partial charge in [0.2, 0.25) is 6.54 Å². The van der Waals surface area contributed by atoms with Crippen molar-refractivity contribution in [3.8, 4) is 0 Å². The van der Waals surface area contributed by atoms with E-state index in [1.54, 1.807) is 12.1 Å². The van der Waals surface area contributed by atoms with Crippen molar-refractivity contribution in [2.45, 2.75) is 6.42 Å². The van der Waals surface area contributed by atoms with Gasteiger partial charge in [0, 0.05) is 11.3 Å². The second-order valence-corrected chi connectivity index (χ2v) is 3.20. The van der Waals surface area contributed by atoms with Gasteiger partial charge in [-0.1, -0.05) is 23.2 Å². The topological polar surface area (TPSA) is 56.0 Å². The fraction of sp³-hybridized carbons (Fsp3) is 0.286. The first-order valence-electron chi connectivity index (χ1n) is 3.51. The molecular formula is C7H6Cl2N2O2. The molecule has 13 heavy (non-hydrogen) atoms. The first kappa shape index (κ1) is 10.2. The van der Waals surface area contributed by atoms with Crippen molar-refractivity contribution in [2.24, 2.45) is 0 Å². The predicted octanol–water partition coefficient (Wildman–Crippen LogP) is 2.21. The zero-order valence-corrected chi connectivity index (χ0v) is 8.05. The van der Waals surface area contributed by atoms with Crippen LogP contribution in [0, 0.1) is 10.1 Å². The fourth-order valence-electron chi connectivity index (χ4n) is 0.879. The van der Waals surface area contributed by atoms with E-state index >= 15 is 0 Å². The molecule has 0 unspecified atom stereocenters. The molecule has 1 aromatic heterocycles. The lowest BCUT2D eigenvalue weighted by molar-refractivity contribution is -0.479. The summed E-state index contributed by atoms with van der Waals surface area (Å²) in [7, 11) is 0. The fourth-order valence-corrected chi connectivity index (χ4v) is 1.38. The first-order chi connectivity index (χ1) is 6.08. The molecule has 0 saturated heterocycles. The van der Waals surface area contributed by atoms with Crippen LogP contribution in [0.15, 0.2) is 12.1 Å². The third-order valence-electron chi connectivity index (χ3n) is 1.41. The Morgan fingerprint density at radius 2 is 1.92 bits per heavy atom. The molecule has 0 atom stereocenters. The quantitative estimate of drug-likeness (QED) is 0.446. The van der Waals surface area contributed by atoms with Gasteiger partial charge >= 0.3 is 0 Å². The summed E-state index contributed by atoms with van der Waals surface area (Å²) >= 11 is 11.2. The molecule has 0 amide bonds. The monoisotopic (exact) mass is 220 g/mol. The molecule has 6 heteroatoms. The van der Waals surface area contributed by atoms with Crippen molar-refractivity contribution in [1.82, 2.24) is 4.98 Å². The third-order valence-corrected chi connectivity index (χ3v) is 1.79. The van der Waals surface area contributed by atoms with E-state index in [-0.39, 0.29) is 21.8 Å². The van der Waals surface area contributed by atoms with Gasteiger partial charge in [0.05, 0.1) is 0 Å². The minimum Gasteiger partial charge on any atom is -0.265 e. The van der Waals surface area contributed by atoms with E-state index in [1.807, 2.05) is 0 Å². The summed E-state index contributed by atoms with van der Waals surface area (Å²) in [5, 5.41) is 10.6. The van der Waals surface area contributed by atoms with Gasteiger partial charge < -0.3 is 0 Å². The van der Waals surface area contributed by atoms with Crippen LogP contribution in [0.5, 0.6) is 0 Å². The molecule has 1 aromatic rings. The highest BCUT2D eigenvalue weighted by molar-refractivity contribution is 6.32. The molecule has 4 nitrogen and oxygen atoms in total. The average Bonchev–Trinajstić information content (AvgIpc) is 1.99. The summed E-state index contributed by atoms with van der Waals surface area (Å²) in [4.78, 5) is 13.4. The molecule has 1 heterocycles. The van der Waals surface area contributed by atoms with Gasteiger partial charge in [0.15, 0.2) is 0 Å². The zero-order chi connectivity index (χ0) is 9.84. The van der Waals surface area contributed by atoms with Gasteiger partial charge in [-0.2, -0.15) is 0 Å². The van der Waals surface area contributed by atoms with E-state index in [9.17, 15) is 10.1 Å². The van der Waals surface area contributed by atoms with E-state index in [0.717, 1.165) is 5.56 Å². The van der Waals surface area contributed by atoms with Crippen molar-refractivity contribution in [1.29, 1.82) is 0 Å². The Labute approximate surface area is 84.6 Å². The highest BCUT2D eigenvalue weighted by Gasteiger charge is 2.03. The SMILES string of the molecule is O=[N+]([O-])CCc1cc(Cl)nc(Cl)c1. The number of nitrogens with zero attached hydrogens (tertiary/aromatic N) is 2. The van der Waals surface area contributed by atoms with Gasteiger partial charge in [0.25, 0.3) is 0 Å². The summed E-state index contributed by atoms with van der Waals surface area (Å²) in [6.07, 6.45) is 0.314. The average molecular weight is 221 g/mol. The molecule has 0 spiro atoms. The Morgan fingerprint density at radius 3 is 2.38 bits per heavy atom. The normalized spacial score (nSPS) is 10.0. The molecule has 0 N–H and O–H groups in total. The van der Waals surface area contributed by atoms with Crippen molar-refractivity contribution < 1.29 is 4.92 Å². The number of aromatic nitrogens is 1. The van der Waals surface area contributed by atoms with E-state index < -0.39 is 0 Å². The molecule has 0 bridgehead atoms.